The van der Waals surface area contributed by atoms with Crippen LogP contribution < -0.4 is 5.43 Å². The smallest absolute Gasteiger partial charge is 0.362 e. The molecule has 0 bridgehead atoms. The van der Waals surface area contributed by atoms with Crippen LogP contribution in [0.5, 0.6) is 0 Å². The molecule has 0 heterocycles. The number of hydrogen-bond acceptors (Lipinski definition) is 5. The van der Waals surface area contributed by atoms with Gasteiger partial charge in [-0.1, -0.05) is 17.7 Å². The standard InChI is InChI=1S/C12H14N2O3/c1-3-17-12(16)11(8-15)14-13-10-6-4-9(2)5-7-10/h4-8,13H,3H2,1-2H3/b14-11-. The van der Waals surface area contributed by atoms with Crippen LogP contribution in [0.4, 0.5) is 5.69 Å². The summed E-state index contributed by atoms with van der Waals surface area (Å²) in [5, 5.41) is 3.68. The number of carbonyl (C=O) groups is 2. The minimum atomic E-state index is -0.734. The number of nitrogens with one attached hydrogen (secondary N) is 1. The van der Waals surface area contributed by atoms with E-state index in [-0.39, 0.29) is 12.3 Å². The number of ether oxygens (including phenoxy) is 1. The normalized spacial score (nSPS) is 10.8. The van der Waals surface area contributed by atoms with Crippen LogP contribution in [0.2, 0.25) is 0 Å². The minimum Gasteiger partial charge on any atom is -0.461 e. The minimum absolute atomic E-state index is 0.205. The first-order valence-electron chi connectivity index (χ1n) is 5.20. The zero-order chi connectivity index (χ0) is 12.7. The Balaban J connectivity index is 2.70. The molecule has 90 valence electrons. The van der Waals surface area contributed by atoms with Gasteiger partial charge in [0.25, 0.3) is 0 Å². The number of hydrazone groups is 1. The maximum Gasteiger partial charge on any atom is 0.362 e. The second-order valence-electron chi connectivity index (χ2n) is 3.31. The molecule has 0 aliphatic rings. The van der Waals surface area contributed by atoms with Crippen molar-refractivity contribution in [1.29, 1.82) is 0 Å². The van der Waals surface area contributed by atoms with Crippen molar-refractivity contribution < 1.29 is 14.3 Å². The van der Waals surface area contributed by atoms with E-state index < -0.39 is 5.97 Å². The molecule has 0 amide bonds. The van der Waals surface area contributed by atoms with Crippen molar-refractivity contribution in [1.82, 2.24) is 0 Å². The number of nitrogens with zero attached hydrogens (tertiary/aromatic N) is 1. The lowest BCUT2D eigenvalue weighted by Gasteiger charge is -2.02. The van der Waals surface area contributed by atoms with Crippen LogP contribution in [0.15, 0.2) is 29.4 Å². The van der Waals surface area contributed by atoms with Gasteiger partial charge in [-0.05, 0) is 26.0 Å². The zero-order valence-electron chi connectivity index (χ0n) is 9.77. The summed E-state index contributed by atoms with van der Waals surface area (Å²) in [6, 6.07) is 7.38. The highest BCUT2D eigenvalue weighted by Gasteiger charge is 2.11. The number of esters is 1. The van der Waals surface area contributed by atoms with Gasteiger partial charge in [0.2, 0.25) is 5.71 Å². The first kappa shape index (κ1) is 12.9. The molecule has 0 fully saturated rings. The Kier molecular flexibility index (Phi) is 4.87. The third-order valence-corrected chi connectivity index (χ3v) is 1.95. The van der Waals surface area contributed by atoms with Gasteiger partial charge in [-0.25, -0.2) is 4.79 Å². The van der Waals surface area contributed by atoms with Crippen LogP contribution in [0, 0.1) is 6.92 Å². The molecule has 1 aromatic rings. The van der Waals surface area contributed by atoms with Crippen LogP contribution in [0.25, 0.3) is 0 Å². The lowest BCUT2D eigenvalue weighted by molar-refractivity contribution is -0.135. The zero-order valence-corrected chi connectivity index (χ0v) is 9.77. The molecule has 0 saturated carbocycles. The van der Waals surface area contributed by atoms with E-state index in [0.717, 1.165) is 5.56 Å². The van der Waals surface area contributed by atoms with E-state index in [2.05, 4.69) is 15.3 Å². The second kappa shape index (κ2) is 6.42. The van der Waals surface area contributed by atoms with E-state index in [4.69, 9.17) is 0 Å². The highest BCUT2D eigenvalue weighted by Crippen LogP contribution is 2.08. The number of benzene rings is 1. The van der Waals surface area contributed by atoms with Gasteiger partial charge in [0, 0.05) is 0 Å². The molecule has 0 atom stereocenters. The van der Waals surface area contributed by atoms with Crippen LogP contribution in [0.3, 0.4) is 0 Å². The molecule has 0 radical (unpaired) electrons. The van der Waals surface area contributed by atoms with Crippen LogP contribution in [-0.4, -0.2) is 24.6 Å². The fraction of sp³-hybridized carbons (Fsp3) is 0.250. The molecule has 0 aliphatic carbocycles. The molecule has 0 spiro atoms. The lowest BCUT2D eigenvalue weighted by Crippen LogP contribution is -2.20. The predicted octanol–water partition coefficient (Wildman–Crippen LogP) is 1.52. The third kappa shape index (κ3) is 4.06. The molecular weight excluding hydrogens is 220 g/mol. The first-order valence-corrected chi connectivity index (χ1v) is 5.20. The Morgan fingerprint density at radius 1 is 1.41 bits per heavy atom. The molecule has 0 saturated heterocycles. The molecule has 0 aliphatic heterocycles. The van der Waals surface area contributed by atoms with Gasteiger partial charge < -0.3 is 4.74 Å². The Hall–Kier alpha value is -2.17. The molecule has 17 heavy (non-hydrogen) atoms. The van der Waals surface area contributed by atoms with Gasteiger partial charge in [-0.3, -0.25) is 10.2 Å². The molecule has 5 heteroatoms. The highest BCUT2D eigenvalue weighted by atomic mass is 16.5. The Morgan fingerprint density at radius 3 is 2.59 bits per heavy atom. The summed E-state index contributed by atoms with van der Waals surface area (Å²) in [7, 11) is 0. The largest absolute Gasteiger partial charge is 0.461 e. The van der Waals surface area contributed by atoms with Gasteiger partial charge in [0.1, 0.15) is 0 Å². The van der Waals surface area contributed by atoms with Crippen molar-refractivity contribution in [2.75, 3.05) is 12.0 Å². The number of rotatable bonds is 5. The fourth-order valence-electron chi connectivity index (χ4n) is 1.08. The molecule has 0 unspecified atom stereocenters. The second-order valence-corrected chi connectivity index (χ2v) is 3.31. The van der Waals surface area contributed by atoms with Crippen molar-refractivity contribution in [3.05, 3.63) is 29.8 Å². The monoisotopic (exact) mass is 234 g/mol. The van der Waals surface area contributed by atoms with Crippen molar-refractivity contribution in [3.63, 3.8) is 0 Å². The molecular formula is C12H14N2O3. The average molecular weight is 234 g/mol. The van der Waals surface area contributed by atoms with E-state index in [1.807, 2.05) is 19.1 Å². The lowest BCUT2D eigenvalue weighted by atomic mass is 10.2. The van der Waals surface area contributed by atoms with Crippen molar-refractivity contribution in [2.24, 2.45) is 5.10 Å². The van der Waals surface area contributed by atoms with Crippen molar-refractivity contribution in [2.45, 2.75) is 13.8 Å². The van der Waals surface area contributed by atoms with Gasteiger partial charge >= 0.3 is 5.97 Å². The summed E-state index contributed by atoms with van der Waals surface area (Å²) < 4.78 is 4.66. The number of hydrogen-bond donors (Lipinski definition) is 1. The Morgan fingerprint density at radius 2 is 2.06 bits per heavy atom. The fourth-order valence-corrected chi connectivity index (χ4v) is 1.08. The van der Waals surface area contributed by atoms with Gasteiger partial charge in [-0.15, -0.1) is 0 Å². The van der Waals surface area contributed by atoms with Gasteiger partial charge in [-0.2, -0.15) is 5.10 Å². The maximum absolute atomic E-state index is 11.2. The molecule has 0 aromatic heterocycles. The topological polar surface area (TPSA) is 67.8 Å². The summed E-state index contributed by atoms with van der Waals surface area (Å²) in [6.45, 7) is 3.83. The van der Waals surface area contributed by atoms with Crippen molar-refractivity contribution in [3.8, 4) is 0 Å². The maximum atomic E-state index is 11.2. The van der Waals surface area contributed by atoms with E-state index in [0.29, 0.717) is 12.0 Å². The molecule has 1 rings (SSSR count). The number of aldehydes is 1. The molecule has 1 N–H and O–H groups in total. The molecule has 5 nitrogen and oxygen atoms in total. The Bertz CT molecular complexity index is 424. The Labute approximate surface area is 99.5 Å². The van der Waals surface area contributed by atoms with Gasteiger partial charge in [0.05, 0.1) is 12.3 Å². The third-order valence-electron chi connectivity index (χ3n) is 1.95. The van der Waals surface area contributed by atoms with E-state index in [1.165, 1.54) is 0 Å². The van der Waals surface area contributed by atoms with E-state index >= 15 is 0 Å². The summed E-state index contributed by atoms with van der Waals surface area (Å²) in [5.41, 5.74) is 4.14. The van der Waals surface area contributed by atoms with Crippen molar-refractivity contribution >= 4 is 23.7 Å². The van der Waals surface area contributed by atoms with Crippen LogP contribution in [0.1, 0.15) is 12.5 Å². The summed E-state index contributed by atoms with van der Waals surface area (Å²) in [4.78, 5) is 21.9. The summed E-state index contributed by atoms with van der Waals surface area (Å²) >= 11 is 0. The quantitative estimate of drug-likeness (QED) is 0.276. The van der Waals surface area contributed by atoms with Crippen LogP contribution >= 0.6 is 0 Å². The summed E-state index contributed by atoms with van der Waals surface area (Å²) in [6.07, 6.45) is 0.360. The van der Waals surface area contributed by atoms with Crippen LogP contribution in [-0.2, 0) is 14.3 Å². The van der Waals surface area contributed by atoms with E-state index in [1.54, 1.807) is 19.1 Å². The first-order chi connectivity index (χ1) is 8.17. The SMILES string of the molecule is CCOC(=O)/C(C=O)=N\Nc1ccc(C)cc1. The summed E-state index contributed by atoms with van der Waals surface area (Å²) in [5.74, 6) is -0.734. The van der Waals surface area contributed by atoms with Gasteiger partial charge in [0.15, 0.2) is 6.29 Å². The highest BCUT2D eigenvalue weighted by molar-refractivity contribution is 6.58. The van der Waals surface area contributed by atoms with E-state index in [9.17, 15) is 9.59 Å². The number of aryl methyl sites for hydroxylation is 1. The molecule has 1 aromatic carbocycles. The average Bonchev–Trinajstić information content (AvgIpc) is 2.32. The predicted molar refractivity (Wildman–Crippen MR) is 64.9 cm³/mol. The number of carbonyl (C=O) groups excluding carboxylic acids is 2. The number of anilines is 1.